The van der Waals surface area contributed by atoms with Crippen LogP contribution in [0.25, 0.3) is 0 Å². The van der Waals surface area contributed by atoms with E-state index >= 15 is 0 Å². The molecule has 9 heteroatoms. The molecule has 0 saturated heterocycles. The molecule has 0 aromatic rings. The van der Waals surface area contributed by atoms with E-state index < -0.39 is 13.9 Å². The monoisotopic (exact) mass is 777 g/mol. The largest absolute Gasteiger partial charge is 0.472 e. The van der Waals surface area contributed by atoms with Gasteiger partial charge in [0.05, 0.1) is 34.4 Å². The van der Waals surface area contributed by atoms with Crippen LogP contribution in [0, 0.1) is 0 Å². The van der Waals surface area contributed by atoms with Crippen molar-refractivity contribution in [3.05, 3.63) is 0 Å². The number of unbranched alkanes of at least 4 members (excludes halogenated alkanes) is 29. The van der Waals surface area contributed by atoms with Gasteiger partial charge >= 0.3 is 13.8 Å². The molecular formula is C44H91NO7P+. The van der Waals surface area contributed by atoms with Crippen molar-refractivity contribution in [1.29, 1.82) is 0 Å². The zero-order valence-corrected chi connectivity index (χ0v) is 36.9. The summed E-state index contributed by atoms with van der Waals surface area (Å²) < 4.78 is 35.0. The predicted octanol–water partition coefficient (Wildman–Crippen LogP) is 13.3. The highest BCUT2D eigenvalue weighted by atomic mass is 31.2. The van der Waals surface area contributed by atoms with Crippen LogP contribution in [0.15, 0.2) is 0 Å². The van der Waals surface area contributed by atoms with Crippen LogP contribution in [-0.4, -0.2) is 75.6 Å². The second-order valence-electron chi connectivity index (χ2n) is 16.8. The molecule has 318 valence electrons. The Morgan fingerprint density at radius 2 is 0.868 bits per heavy atom. The number of quaternary nitrogens is 1. The zero-order chi connectivity index (χ0) is 39.1. The van der Waals surface area contributed by atoms with Gasteiger partial charge in [0.2, 0.25) is 0 Å². The second-order valence-corrected chi connectivity index (χ2v) is 18.3. The van der Waals surface area contributed by atoms with Gasteiger partial charge in [-0.2, -0.15) is 0 Å². The zero-order valence-electron chi connectivity index (χ0n) is 36.0. The van der Waals surface area contributed by atoms with E-state index in [-0.39, 0.29) is 25.8 Å². The van der Waals surface area contributed by atoms with Gasteiger partial charge in [-0.15, -0.1) is 0 Å². The third kappa shape index (κ3) is 42.5. The summed E-state index contributed by atoms with van der Waals surface area (Å²) in [5, 5.41) is 0. The Labute approximate surface area is 329 Å². The number of hydrogen-bond acceptors (Lipinski definition) is 6. The lowest BCUT2D eigenvalue weighted by atomic mass is 10.0. The standard InChI is InChI=1S/C44H90NO7P/c1-6-8-10-12-14-16-18-20-21-22-23-24-25-27-29-31-33-35-37-44(46)52-43(42-51-53(47,48)50-40-38-45(3,4)5)41-49-39-36-34-32-30-28-26-19-17-15-13-11-9-7-2/h43H,6-42H2,1-5H3/p+1. The molecule has 0 heterocycles. The first-order chi connectivity index (χ1) is 25.6. The van der Waals surface area contributed by atoms with E-state index in [0.29, 0.717) is 24.1 Å². The van der Waals surface area contributed by atoms with Gasteiger partial charge in [-0.25, -0.2) is 4.57 Å². The first kappa shape index (κ1) is 52.5. The lowest BCUT2D eigenvalue weighted by molar-refractivity contribution is -0.870. The number of carbonyl (C=O) groups is 1. The van der Waals surface area contributed by atoms with Gasteiger partial charge in [0.25, 0.3) is 0 Å². The normalized spacial score (nSPS) is 13.7. The van der Waals surface area contributed by atoms with Crippen molar-refractivity contribution in [2.45, 2.75) is 225 Å². The topological polar surface area (TPSA) is 91.3 Å². The minimum atomic E-state index is -4.26. The first-order valence-electron chi connectivity index (χ1n) is 22.8. The highest BCUT2D eigenvalue weighted by molar-refractivity contribution is 7.47. The van der Waals surface area contributed by atoms with Crippen LogP contribution in [0.4, 0.5) is 0 Å². The Kier molecular flexibility index (Phi) is 38.0. The smallest absolute Gasteiger partial charge is 0.457 e. The lowest BCUT2D eigenvalue weighted by Crippen LogP contribution is -2.37. The van der Waals surface area contributed by atoms with Crippen LogP contribution in [0.1, 0.15) is 219 Å². The van der Waals surface area contributed by atoms with Crippen molar-refractivity contribution in [2.24, 2.45) is 0 Å². The summed E-state index contributed by atoms with van der Waals surface area (Å²) in [7, 11) is 1.69. The predicted molar refractivity (Wildman–Crippen MR) is 224 cm³/mol. The molecule has 0 fully saturated rings. The fraction of sp³-hybridized carbons (Fsp3) is 0.977. The van der Waals surface area contributed by atoms with E-state index in [1.165, 1.54) is 167 Å². The third-order valence-corrected chi connectivity index (χ3v) is 11.2. The third-order valence-electron chi connectivity index (χ3n) is 10.2. The number of nitrogens with zero attached hydrogens (tertiary/aromatic N) is 1. The van der Waals surface area contributed by atoms with Crippen LogP contribution < -0.4 is 0 Å². The molecule has 8 nitrogen and oxygen atoms in total. The molecule has 53 heavy (non-hydrogen) atoms. The Morgan fingerprint density at radius 3 is 1.25 bits per heavy atom. The summed E-state index contributed by atoms with van der Waals surface area (Å²) in [4.78, 5) is 22.9. The van der Waals surface area contributed by atoms with E-state index in [0.717, 1.165) is 32.1 Å². The summed E-state index contributed by atoms with van der Waals surface area (Å²) in [6.07, 6.45) is 39.8. The minimum absolute atomic E-state index is 0.0939. The van der Waals surface area contributed by atoms with Gasteiger partial charge in [0.15, 0.2) is 0 Å². The molecule has 0 saturated carbocycles. The Bertz CT molecular complexity index is 822. The van der Waals surface area contributed by atoms with Crippen LogP contribution in [-0.2, 0) is 27.9 Å². The van der Waals surface area contributed by atoms with Gasteiger partial charge in [-0.05, 0) is 12.8 Å². The van der Waals surface area contributed by atoms with Gasteiger partial charge in [0.1, 0.15) is 19.3 Å². The van der Waals surface area contributed by atoms with E-state index in [1.807, 2.05) is 21.1 Å². The summed E-state index contributed by atoms with van der Waals surface area (Å²) in [5.74, 6) is -0.307. The van der Waals surface area contributed by atoms with Crippen LogP contribution >= 0.6 is 7.82 Å². The van der Waals surface area contributed by atoms with Gasteiger partial charge < -0.3 is 18.9 Å². The molecule has 0 aliphatic carbocycles. The Balaban J connectivity index is 4.15. The molecule has 0 amide bonds. The SMILES string of the molecule is CCCCCCCCCCCCCCCCCCCCC(=O)OC(COCCCCCCCCCCCCCCC)COP(=O)(O)OCC[N+](C)(C)C. The molecule has 0 aromatic heterocycles. The molecule has 0 rings (SSSR count). The molecule has 0 aliphatic heterocycles. The summed E-state index contributed by atoms with van der Waals surface area (Å²) >= 11 is 0. The van der Waals surface area contributed by atoms with Crippen LogP contribution in [0.2, 0.25) is 0 Å². The number of ether oxygens (including phenoxy) is 2. The summed E-state index contributed by atoms with van der Waals surface area (Å²) in [5.41, 5.74) is 0. The Hall–Kier alpha value is -0.500. The van der Waals surface area contributed by atoms with E-state index in [4.69, 9.17) is 18.5 Å². The summed E-state index contributed by atoms with van der Waals surface area (Å²) in [6, 6.07) is 0. The quantitative estimate of drug-likeness (QED) is 0.0285. The highest BCUT2D eigenvalue weighted by Crippen LogP contribution is 2.43. The number of rotatable bonds is 43. The second kappa shape index (κ2) is 38.4. The van der Waals surface area contributed by atoms with E-state index in [1.54, 1.807) is 0 Å². The maximum absolute atomic E-state index is 12.7. The van der Waals surface area contributed by atoms with Gasteiger partial charge in [-0.3, -0.25) is 13.8 Å². The van der Waals surface area contributed by atoms with E-state index in [9.17, 15) is 14.3 Å². The highest BCUT2D eigenvalue weighted by Gasteiger charge is 2.26. The number of carbonyl (C=O) groups excluding carboxylic acids is 1. The fourth-order valence-electron chi connectivity index (χ4n) is 6.61. The van der Waals surface area contributed by atoms with Crippen LogP contribution in [0.3, 0.4) is 0 Å². The number of likely N-dealkylation sites (N-methyl/N-ethyl adjacent to an activating group) is 1. The number of phosphoric ester groups is 1. The van der Waals surface area contributed by atoms with E-state index in [2.05, 4.69) is 13.8 Å². The molecule has 2 atom stereocenters. The van der Waals surface area contributed by atoms with Crippen molar-refractivity contribution in [2.75, 3.05) is 54.1 Å². The van der Waals surface area contributed by atoms with Crippen molar-refractivity contribution >= 4 is 13.8 Å². The van der Waals surface area contributed by atoms with Gasteiger partial charge in [-0.1, -0.05) is 200 Å². The molecule has 0 aromatic carbocycles. The van der Waals surface area contributed by atoms with Gasteiger partial charge in [0, 0.05) is 13.0 Å². The molecule has 0 bridgehead atoms. The average Bonchev–Trinajstić information content (AvgIpc) is 3.11. The number of phosphoric acid groups is 1. The molecule has 1 N–H and O–H groups in total. The maximum Gasteiger partial charge on any atom is 0.472 e. The van der Waals surface area contributed by atoms with Crippen molar-refractivity contribution in [1.82, 2.24) is 0 Å². The maximum atomic E-state index is 12.7. The fourth-order valence-corrected chi connectivity index (χ4v) is 7.35. The summed E-state index contributed by atoms with van der Waals surface area (Å²) in [6.45, 7) is 5.68. The molecule has 2 unspecified atom stereocenters. The van der Waals surface area contributed by atoms with Crippen LogP contribution in [0.5, 0.6) is 0 Å². The lowest BCUT2D eigenvalue weighted by Gasteiger charge is -2.24. The molecule has 0 radical (unpaired) electrons. The van der Waals surface area contributed by atoms with Crippen molar-refractivity contribution in [3.63, 3.8) is 0 Å². The number of hydrogen-bond donors (Lipinski definition) is 1. The molecule has 0 aliphatic rings. The molecule has 0 spiro atoms. The Morgan fingerprint density at radius 1 is 0.509 bits per heavy atom. The minimum Gasteiger partial charge on any atom is -0.457 e. The molecular weight excluding hydrogens is 685 g/mol. The van der Waals surface area contributed by atoms with Crippen molar-refractivity contribution < 1.29 is 37.3 Å². The average molecular weight is 777 g/mol. The number of esters is 1. The first-order valence-corrected chi connectivity index (χ1v) is 24.3. The van der Waals surface area contributed by atoms with Crippen molar-refractivity contribution in [3.8, 4) is 0 Å².